The van der Waals surface area contributed by atoms with Crippen LogP contribution in [0.1, 0.15) is 5.56 Å². The van der Waals surface area contributed by atoms with E-state index in [1.54, 1.807) is 17.1 Å². The molecule has 0 atom stereocenters. The number of allylic oxidation sites excluding steroid dienone is 1. The molecule has 2 aliphatic rings. The number of rotatable bonds is 1. The zero-order chi connectivity index (χ0) is 15.3. The summed E-state index contributed by atoms with van der Waals surface area (Å²) in [6, 6.07) is 13.7. The van der Waals surface area contributed by atoms with E-state index < -0.39 is 0 Å². The van der Waals surface area contributed by atoms with Crippen molar-refractivity contribution in [2.75, 3.05) is 10.0 Å². The predicted molar refractivity (Wildman–Crippen MR) is 87.5 cm³/mol. The normalized spacial score (nSPS) is 16.5. The van der Waals surface area contributed by atoms with Crippen LogP contribution in [0, 0.1) is 5.82 Å². The minimum Gasteiger partial charge on any atom is -0.492 e. The van der Waals surface area contributed by atoms with Crippen molar-refractivity contribution in [3.63, 3.8) is 0 Å². The van der Waals surface area contributed by atoms with Gasteiger partial charge in [-0.2, -0.15) is 0 Å². The number of anilines is 2. The van der Waals surface area contributed by atoms with Gasteiger partial charge in [0.15, 0.2) is 0 Å². The fraction of sp³-hybridized carbons (Fsp3) is 0. The first-order chi connectivity index (χ1) is 10.6. The zero-order valence-corrected chi connectivity index (χ0v) is 12.9. The predicted octanol–water partition coefficient (Wildman–Crippen LogP) is 4.05. The van der Waals surface area contributed by atoms with E-state index in [-0.39, 0.29) is 11.7 Å². The third-order valence-corrected chi connectivity index (χ3v) is 4.29. The highest BCUT2D eigenvalue weighted by Crippen LogP contribution is 2.41. The van der Waals surface area contributed by atoms with E-state index in [4.69, 9.17) is 0 Å². The topological polar surface area (TPSA) is 38.7 Å². The number of para-hydroxylation sites is 1. The van der Waals surface area contributed by atoms with Gasteiger partial charge in [0.05, 0.1) is 11.4 Å². The Kier molecular flexibility index (Phi) is 2.95. The molecular weight excluding hydrogens is 349 g/mol. The Hall–Kier alpha value is -2.31. The summed E-state index contributed by atoms with van der Waals surface area (Å²) >= 11 is 3.53. The fourth-order valence-electron chi connectivity index (χ4n) is 2.57. The molecule has 0 bridgehead atoms. The molecule has 4 nitrogen and oxygen atoms in total. The summed E-state index contributed by atoms with van der Waals surface area (Å²) in [5.74, 6) is -0.265. The summed E-state index contributed by atoms with van der Waals surface area (Å²) in [5.41, 5.74) is 6.31. The Balaban J connectivity index is 1.80. The number of aliphatic hydroxyl groups excluding tert-OH is 1. The molecule has 110 valence electrons. The number of nitrogens with one attached hydrogen (secondary N) is 1. The highest BCUT2D eigenvalue weighted by molar-refractivity contribution is 9.15. The molecule has 6 heteroatoms. The number of aliphatic hydroxyl groups is 1. The maximum atomic E-state index is 13.1. The van der Waals surface area contributed by atoms with Crippen molar-refractivity contribution in [3.8, 4) is 0 Å². The van der Waals surface area contributed by atoms with Crippen LogP contribution in [0.5, 0.6) is 0 Å². The average Bonchev–Trinajstić information content (AvgIpc) is 2.86. The van der Waals surface area contributed by atoms with Gasteiger partial charge >= 0.3 is 0 Å². The van der Waals surface area contributed by atoms with Gasteiger partial charge in [-0.15, -0.1) is 5.53 Å². The van der Waals surface area contributed by atoms with Crippen molar-refractivity contribution in [1.82, 2.24) is 5.53 Å². The summed E-state index contributed by atoms with van der Waals surface area (Å²) in [4.78, 5) is 0. The van der Waals surface area contributed by atoms with E-state index in [9.17, 15) is 9.50 Å². The van der Waals surface area contributed by atoms with Crippen molar-refractivity contribution in [3.05, 3.63) is 77.6 Å². The molecule has 0 radical (unpaired) electrons. The van der Waals surface area contributed by atoms with Crippen molar-refractivity contribution in [1.29, 1.82) is 0 Å². The lowest BCUT2D eigenvalue weighted by molar-refractivity contribution is 0.388. The Morgan fingerprint density at radius 3 is 2.50 bits per heavy atom. The molecule has 2 heterocycles. The molecule has 0 spiro atoms. The van der Waals surface area contributed by atoms with Crippen LogP contribution in [0.25, 0.3) is 4.48 Å². The first kappa shape index (κ1) is 13.4. The van der Waals surface area contributed by atoms with E-state index >= 15 is 0 Å². The molecule has 0 saturated carbocycles. The Labute approximate surface area is 134 Å². The molecule has 4 rings (SSSR count). The smallest absolute Gasteiger partial charge is 0.234 e. The van der Waals surface area contributed by atoms with Gasteiger partial charge in [0.2, 0.25) is 5.88 Å². The largest absolute Gasteiger partial charge is 0.492 e. The second-order valence-corrected chi connectivity index (χ2v) is 5.82. The average molecular weight is 360 g/mol. The standard InChI is InChI=1S/C16H11BrFN3O/c17-13-9-15-16(22)20(11-7-5-10(18)6-8-11)19-21(15)14-4-2-1-3-12(13)14/h1-9,19,22H. The Bertz CT molecular complexity index is 816. The van der Waals surface area contributed by atoms with Crippen LogP contribution >= 0.6 is 15.9 Å². The number of halogens is 2. The first-order valence-corrected chi connectivity index (χ1v) is 7.46. The van der Waals surface area contributed by atoms with Crippen molar-refractivity contribution >= 4 is 31.8 Å². The van der Waals surface area contributed by atoms with E-state index in [2.05, 4.69) is 21.5 Å². The minimum absolute atomic E-state index is 0.0538. The summed E-state index contributed by atoms with van der Waals surface area (Å²) in [6.07, 6.45) is 1.84. The molecule has 0 amide bonds. The number of nitrogens with zero attached hydrogens (tertiary/aromatic N) is 2. The lowest BCUT2D eigenvalue weighted by Gasteiger charge is -2.27. The highest BCUT2D eigenvalue weighted by Gasteiger charge is 2.34. The summed E-state index contributed by atoms with van der Waals surface area (Å²) in [7, 11) is 0. The molecule has 0 aliphatic carbocycles. The van der Waals surface area contributed by atoms with Crippen LogP contribution in [-0.2, 0) is 0 Å². The minimum atomic E-state index is -0.319. The van der Waals surface area contributed by atoms with Crippen molar-refractivity contribution < 1.29 is 9.50 Å². The quantitative estimate of drug-likeness (QED) is 0.805. The van der Waals surface area contributed by atoms with Gasteiger partial charge in [0.25, 0.3) is 0 Å². The summed E-state index contributed by atoms with van der Waals surface area (Å²) in [5, 5.41) is 13.8. The third kappa shape index (κ3) is 1.92. The summed E-state index contributed by atoms with van der Waals surface area (Å²) < 4.78 is 14.0. The van der Waals surface area contributed by atoms with Gasteiger partial charge in [0, 0.05) is 10.0 Å². The van der Waals surface area contributed by atoms with Gasteiger partial charge in [0.1, 0.15) is 11.5 Å². The number of hydrogen-bond acceptors (Lipinski definition) is 4. The van der Waals surface area contributed by atoms with Crippen LogP contribution in [0.3, 0.4) is 0 Å². The van der Waals surface area contributed by atoms with Gasteiger partial charge in [-0.1, -0.05) is 34.1 Å². The molecule has 2 aliphatic heterocycles. The fourth-order valence-corrected chi connectivity index (χ4v) is 3.12. The molecular formula is C16H11BrFN3O. The van der Waals surface area contributed by atoms with Crippen LogP contribution in [-0.4, -0.2) is 5.11 Å². The van der Waals surface area contributed by atoms with Crippen LogP contribution < -0.4 is 15.6 Å². The van der Waals surface area contributed by atoms with E-state index in [0.29, 0.717) is 11.4 Å². The van der Waals surface area contributed by atoms with Gasteiger partial charge in [-0.05, 0) is 36.4 Å². The molecule has 0 aromatic heterocycles. The molecule has 2 aromatic rings. The summed E-state index contributed by atoms with van der Waals surface area (Å²) in [6.45, 7) is 0. The zero-order valence-electron chi connectivity index (χ0n) is 11.3. The SMILES string of the molecule is OC1=C2C=C(Br)c3ccccc3N2NN1c1ccc(F)cc1. The van der Waals surface area contributed by atoms with Crippen LogP contribution in [0.15, 0.2) is 66.2 Å². The van der Waals surface area contributed by atoms with E-state index in [1.807, 2.05) is 30.3 Å². The molecule has 0 fully saturated rings. The Morgan fingerprint density at radius 1 is 1.00 bits per heavy atom. The molecule has 22 heavy (non-hydrogen) atoms. The number of benzene rings is 2. The monoisotopic (exact) mass is 359 g/mol. The van der Waals surface area contributed by atoms with Crippen LogP contribution in [0.4, 0.5) is 15.8 Å². The maximum absolute atomic E-state index is 13.1. The van der Waals surface area contributed by atoms with E-state index in [0.717, 1.165) is 15.7 Å². The number of fused-ring (bicyclic) bond motifs is 3. The molecule has 2 aromatic carbocycles. The van der Waals surface area contributed by atoms with Gasteiger partial charge in [-0.3, -0.25) is 5.01 Å². The third-order valence-electron chi connectivity index (χ3n) is 3.63. The number of hydrazine groups is 2. The second kappa shape index (κ2) is 4.86. The highest BCUT2D eigenvalue weighted by atomic mass is 79.9. The lowest BCUT2D eigenvalue weighted by atomic mass is 10.1. The number of hydrogen-bond donors (Lipinski definition) is 2. The maximum Gasteiger partial charge on any atom is 0.234 e. The molecule has 2 N–H and O–H groups in total. The van der Waals surface area contributed by atoms with Crippen molar-refractivity contribution in [2.24, 2.45) is 0 Å². The van der Waals surface area contributed by atoms with E-state index in [1.165, 1.54) is 17.1 Å². The molecule has 0 saturated heterocycles. The Morgan fingerprint density at radius 2 is 1.73 bits per heavy atom. The molecule has 0 unspecified atom stereocenters. The first-order valence-electron chi connectivity index (χ1n) is 6.67. The lowest BCUT2D eigenvalue weighted by Crippen LogP contribution is -2.42. The van der Waals surface area contributed by atoms with Gasteiger partial charge in [-0.25, -0.2) is 9.40 Å². The van der Waals surface area contributed by atoms with Crippen LogP contribution in [0.2, 0.25) is 0 Å². The van der Waals surface area contributed by atoms with Crippen molar-refractivity contribution in [2.45, 2.75) is 0 Å². The second-order valence-electron chi connectivity index (χ2n) is 4.97. The van der Waals surface area contributed by atoms with Gasteiger partial charge < -0.3 is 5.11 Å².